The lowest BCUT2D eigenvalue weighted by Crippen LogP contribution is -2.15. The third-order valence-electron chi connectivity index (χ3n) is 4.73. The summed E-state index contributed by atoms with van der Waals surface area (Å²) in [4.78, 5) is 15.3. The number of anilines is 1. The molecule has 0 atom stereocenters. The van der Waals surface area contributed by atoms with Crippen LogP contribution in [-0.2, 0) is 16.4 Å². The van der Waals surface area contributed by atoms with Crippen LogP contribution in [0.15, 0.2) is 46.8 Å². The fraction of sp³-hybridized carbons (Fsp3) is 0.273. The Morgan fingerprint density at radius 1 is 1.25 bits per heavy atom. The molecule has 10 heteroatoms. The van der Waals surface area contributed by atoms with E-state index in [1.807, 2.05) is 24.3 Å². The Balaban J connectivity index is 1.82. The van der Waals surface area contributed by atoms with Crippen molar-refractivity contribution in [3.8, 4) is 16.3 Å². The number of nitrogens with one attached hydrogen (secondary N) is 1. The summed E-state index contributed by atoms with van der Waals surface area (Å²) in [6.45, 7) is 4.34. The summed E-state index contributed by atoms with van der Waals surface area (Å²) < 4.78 is 46.9. The van der Waals surface area contributed by atoms with E-state index < -0.39 is 27.4 Å². The zero-order valence-electron chi connectivity index (χ0n) is 17.8. The lowest BCUT2D eigenvalue weighted by molar-refractivity contribution is 0.0691. The molecule has 32 heavy (non-hydrogen) atoms. The zero-order chi connectivity index (χ0) is 23.5. The van der Waals surface area contributed by atoms with Crippen LogP contribution in [0.3, 0.4) is 0 Å². The number of nitrogens with zero attached hydrogens (tertiary/aromatic N) is 1. The number of hydrogen-bond donors (Lipinski definition) is 2. The summed E-state index contributed by atoms with van der Waals surface area (Å²) >= 11 is 1.17. The van der Waals surface area contributed by atoms with Crippen LogP contribution in [0, 0.1) is 11.7 Å². The summed E-state index contributed by atoms with van der Waals surface area (Å²) in [5, 5.41) is 10.7. The molecule has 2 N–H and O–H groups in total. The van der Waals surface area contributed by atoms with Gasteiger partial charge in [0.15, 0.2) is 5.03 Å². The number of thiazole rings is 1. The van der Waals surface area contributed by atoms with Gasteiger partial charge in [-0.25, -0.2) is 14.2 Å². The Morgan fingerprint density at radius 3 is 2.53 bits per heavy atom. The smallest absolute Gasteiger partial charge is 0.338 e. The van der Waals surface area contributed by atoms with Crippen molar-refractivity contribution in [3.05, 3.63) is 58.7 Å². The third kappa shape index (κ3) is 5.43. The summed E-state index contributed by atoms with van der Waals surface area (Å²) in [6, 6.07) is 9.50. The number of aryl methyl sites for hydroxylation is 1. The number of carboxylic acids is 1. The Kier molecular flexibility index (Phi) is 7.15. The van der Waals surface area contributed by atoms with E-state index in [4.69, 9.17) is 9.84 Å². The van der Waals surface area contributed by atoms with Gasteiger partial charge < -0.3 is 9.84 Å². The van der Waals surface area contributed by atoms with Gasteiger partial charge in [0.05, 0.1) is 18.4 Å². The highest BCUT2D eigenvalue weighted by Gasteiger charge is 2.23. The molecule has 0 spiro atoms. The molecule has 3 rings (SSSR count). The predicted molar refractivity (Wildman–Crippen MR) is 121 cm³/mol. The Morgan fingerprint density at radius 2 is 1.94 bits per heavy atom. The second kappa shape index (κ2) is 9.66. The van der Waals surface area contributed by atoms with E-state index in [2.05, 4.69) is 23.6 Å². The summed E-state index contributed by atoms with van der Waals surface area (Å²) in [5.41, 5.74) is 1.14. The second-order valence-electron chi connectivity index (χ2n) is 7.56. The maximum absolute atomic E-state index is 14.1. The molecule has 0 fully saturated rings. The van der Waals surface area contributed by atoms with Gasteiger partial charge in [0, 0.05) is 17.0 Å². The third-order valence-corrected chi connectivity index (χ3v) is 7.02. The molecule has 170 valence electrons. The van der Waals surface area contributed by atoms with Crippen molar-refractivity contribution < 1.29 is 27.4 Å². The minimum absolute atomic E-state index is 0.125. The second-order valence-corrected chi connectivity index (χ2v) is 10.1. The van der Waals surface area contributed by atoms with Crippen LogP contribution in [-0.4, -0.2) is 31.6 Å². The van der Waals surface area contributed by atoms with E-state index in [9.17, 15) is 17.6 Å². The highest BCUT2D eigenvalue weighted by molar-refractivity contribution is 7.92. The van der Waals surface area contributed by atoms with Gasteiger partial charge in [-0.3, -0.25) is 4.72 Å². The first-order chi connectivity index (χ1) is 15.1. The van der Waals surface area contributed by atoms with Crippen molar-refractivity contribution in [1.29, 1.82) is 0 Å². The number of rotatable bonds is 9. The van der Waals surface area contributed by atoms with Crippen LogP contribution in [0.1, 0.15) is 36.2 Å². The molecule has 3 aromatic rings. The van der Waals surface area contributed by atoms with Crippen LogP contribution in [0.2, 0.25) is 0 Å². The quantitative estimate of drug-likeness (QED) is 0.446. The molecule has 0 amide bonds. The van der Waals surface area contributed by atoms with Gasteiger partial charge >= 0.3 is 5.97 Å². The van der Waals surface area contributed by atoms with Crippen molar-refractivity contribution >= 4 is 33.0 Å². The standard InChI is InChI=1S/C22H23FN2O5S2/c1-13(2)4-5-14-6-8-15(9-7-14)21-24-20(12-31-21)32(28,29)25-18-11-17(23)16(22(26)27)10-19(18)30-3/h6-13,25H,4-5H2,1-3H3,(H,26,27). The summed E-state index contributed by atoms with van der Waals surface area (Å²) in [7, 11) is -2.93. The van der Waals surface area contributed by atoms with Crippen molar-refractivity contribution in [2.45, 2.75) is 31.7 Å². The van der Waals surface area contributed by atoms with Crippen molar-refractivity contribution in [2.24, 2.45) is 5.92 Å². The molecule has 0 saturated heterocycles. The number of ether oxygens (including phenoxy) is 1. The molecule has 0 aliphatic rings. The molecule has 0 aliphatic carbocycles. The molecule has 0 bridgehead atoms. The van der Waals surface area contributed by atoms with E-state index >= 15 is 0 Å². The molecule has 7 nitrogen and oxygen atoms in total. The average Bonchev–Trinajstić information content (AvgIpc) is 3.23. The average molecular weight is 479 g/mol. The number of aromatic carboxylic acids is 1. The molecule has 0 saturated carbocycles. The van der Waals surface area contributed by atoms with Gasteiger partial charge in [-0.15, -0.1) is 11.3 Å². The number of hydrogen-bond acceptors (Lipinski definition) is 6. The fourth-order valence-electron chi connectivity index (χ4n) is 2.95. The molecule has 1 aromatic heterocycles. The normalized spacial score (nSPS) is 11.5. The van der Waals surface area contributed by atoms with E-state index in [-0.39, 0.29) is 16.5 Å². The molecule has 2 aromatic carbocycles. The minimum Gasteiger partial charge on any atom is -0.495 e. The molecular weight excluding hydrogens is 455 g/mol. The van der Waals surface area contributed by atoms with E-state index in [0.717, 1.165) is 30.5 Å². The van der Waals surface area contributed by atoms with E-state index in [1.165, 1.54) is 29.4 Å². The number of halogens is 1. The monoisotopic (exact) mass is 478 g/mol. The Labute approximate surface area is 190 Å². The molecular formula is C22H23FN2O5S2. The van der Waals surface area contributed by atoms with E-state index in [1.54, 1.807) is 0 Å². The first kappa shape index (κ1) is 23.7. The fourth-order valence-corrected chi connectivity index (χ4v) is 5.11. The maximum atomic E-state index is 14.1. The van der Waals surface area contributed by atoms with Crippen LogP contribution in [0.5, 0.6) is 5.75 Å². The molecule has 0 unspecified atom stereocenters. The molecule has 0 radical (unpaired) electrons. The zero-order valence-corrected chi connectivity index (χ0v) is 19.4. The summed E-state index contributed by atoms with van der Waals surface area (Å²) in [5.74, 6) is -2.09. The lowest BCUT2D eigenvalue weighted by Gasteiger charge is -2.12. The number of carboxylic acid groups (broad SMARTS) is 1. The van der Waals surface area contributed by atoms with Gasteiger partial charge in [-0.1, -0.05) is 38.1 Å². The number of methoxy groups -OCH3 is 1. The Hall–Kier alpha value is -2.98. The highest BCUT2D eigenvalue weighted by Crippen LogP contribution is 2.32. The topological polar surface area (TPSA) is 106 Å². The van der Waals surface area contributed by atoms with Crippen molar-refractivity contribution in [1.82, 2.24) is 4.98 Å². The van der Waals surface area contributed by atoms with Gasteiger partial charge in [-0.05, 0) is 30.4 Å². The van der Waals surface area contributed by atoms with Gasteiger partial charge in [0.25, 0.3) is 10.0 Å². The number of carbonyl (C=O) groups is 1. The minimum atomic E-state index is -4.15. The van der Waals surface area contributed by atoms with Crippen LogP contribution >= 0.6 is 11.3 Å². The first-order valence-electron chi connectivity index (χ1n) is 9.79. The van der Waals surface area contributed by atoms with E-state index in [0.29, 0.717) is 10.9 Å². The highest BCUT2D eigenvalue weighted by atomic mass is 32.2. The van der Waals surface area contributed by atoms with Crippen LogP contribution in [0.4, 0.5) is 10.1 Å². The number of aromatic nitrogens is 1. The molecule has 0 aliphatic heterocycles. The lowest BCUT2D eigenvalue weighted by atomic mass is 10.0. The number of sulfonamides is 1. The van der Waals surface area contributed by atoms with Gasteiger partial charge in [0.2, 0.25) is 0 Å². The van der Waals surface area contributed by atoms with Crippen molar-refractivity contribution in [3.63, 3.8) is 0 Å². The molecule has 1 heterocycles. The first-order valence-corrected chi connectivity index (χ1v) is 12.2. The SMILES string of the molecule is COc1cc(C(=O)O)c(F)cc1NS(=O)(=O)c1csc(-c2ccc(CCC(C)C)cc2)n1. The largest absolute Gasteiger partial charge is 0.495 e. The van der Waals surface area contributed by atoms with Gasteiger partial charge in [-0.2, -0.15) is 8.42 Å². The maximum Gasteiger partial charge on any atom is 0.338 e. The summed E-state index contributed by atoms with van der Waals surface area (Å²) in [6.07, 6.45) is 2.06. The van der Waals surface area contributed by atoms with Crippen LogP contribution in [0.25, 0.3) is 10.6 Å². The van der Waals surface area contributed by atoms with Crippen molar-refractivity contribution in [2.75, 3.05) is 11.8 Å². The number of benzene rings is 2. The van der Waals surface area contributed by atoms with Gasteiger partial charge in [0.1, 0.15) is 16.6 Å². The predicted octanol–water partition coefficient (Wildman–Crippen LogP) is 5.05. The Bertz CT molecular complexity index is 1220. The van der Waals surface area contributed by atoms with Crippen LogP contribution < -0.4 is 9.46 Å².